The van der Waals surface area contributed by atoms with Gasteiger partial charge in [0.25, 0.3) is 11.8 Å². The molecule has 3 aromatic rings. The maximum atomic E-state index is 12.5. The van der Waals surface area contributed by atoms with E-state index in [0.29, 0.717) is 16.8 Å². The van der Waals surface area contributed by atoms with Crippen LogP contribution in [-0.4, -0.2) is 36.2 Å². The SMILES string of the molecule is CC(c1cccc(NC(=O)c2ccccc2)c1)N(C)C(=O)CNC(=O)c1ccoc1. The van der Waals surface area contributed by atoms with Crippen molar-refractivity contribution in [3.05, 3.63) is 89.9 Å². The number of nitrogens with one attached hydrogen (secondary N) is 2. The Morgan fingerprint density at radius 3 is 2.43 bits per heavy atom. The largest absolute Gasteiger partial charge is 0.472 e. The lowest BCUT2D eigenvalue weighted by molar-refractivity contribution is -0.130. The lowest BCUT2D eigenvalue weighted by atomic mass is 10.1. The number of furan rings is 1. The van der Waals surface area contributed by atoms with Crippen molar-refractivity contribution in [3.63, 3.8) is 0 Å². The summed E-state index contributed by atoms with van der Waals surface area (Å²) in [7, 11) is 1.67. The number of likely N-dealkylation sites (N-methyl/N-ethyl adjacent to an activating group) is 1. The van der Waals surface area contributed by atoms with Crippen LogP contribution in [-0.2, 0) is 4.79 Å². The smallest absolute Gasteiger partial charge is 0.255 e. The molecule has 3 amide bonds. The Morgan fingerprint density at radius 2 is 1.73 bits per heavy atom. The second-order valence-electron chi connectivity index (χ2n) is 6.82. The first-order valence-electron chi connectivity index (χ1n) is 9.48. The van der Waals surface area contributed by atoms with Gasteiger partial charge in [0.2, 0.25) is 5.91 Å². The predicted molar refractivity (Wildman–Crippen MR) is 113 cm³/mol. The van der Waals surface area contributed by atoms with Gasteiger partial charge < -0.3 is 20.0 Å². The van der Waals surface area contributed by atoms with Crippen molar-refractivity contribution < 1.29 is 18.8 Å². The normalized spacial score (nSPS) is 11.4. The van der Waals surface area contributed by atoms with Crippen LogP contribution in [0.5, 0.6) is 0 Å². The maximum Gasteiger partial charge on any atom is 0.255 e. The van der Waals surface area contributed by atoms with Crippen molar-refractivity contribution in [1.82, 2.24) is 10.2 Å². The first-order valence-corrected chi connectivity index (χ1v) is 9.48. The number of nitrogens with zero attached hydrogens (tertiary/aromatic N) is 1. The van der Waals surface area contributed by atoms with Gasteiger partial charge in [-0.2, -0.15) is 0 Å². The van der Waals surface area contributed by atoms with Crippen LogP contribution in [0.15, 0.2) is 77.6 Å². The summed E-state index contributed by atoms with van der Waals surface area (Å²) >= 11 is 0. The number of hydrogen-bond acceptors (Lipinski definition) is 4. The first-order chi connectivity index (χ1) is 14.5. The van der Waals surface area contributed by atoms with E-state index < -0.39 is 0 Å². The maximum absolute atomic E-state index is 12.5. The number of rotatable bonds is 7. The Kier molecular flexibility index (Phi) is 6.64. The third-order valence-corrected chi connectivity index (χ3v) is 4.82. The molecular formula is C23H23N3O4. The molecule has 7 heteroatoms. The Labute approximate surface area is 174 Å². The van der Waals surface area contributed by atoms with Crippen molar-refractivity contribution in [2.45, 2.75) is 13.0 Å². The van der Waals surface area contributed by atoms with Crippen LogP contribution in [0, 0.1) is 0 Å². The van der Waals surface area contributed by atoms with E-state index in [4.69, 9.17) is 4.42 Å². The Morgan fingerprint density at radius 1 is 0.967 bits per heavy atom. The molecule has 0 aliphatic carbocycles. The molecule has 0 fully saturated rings. The van der Waals surface area contributed by atoms with E-state index in [0.717, 1.165) is 5.56 Å². The van der Waals surface area contributed by atoms with Gasteiger partial charge in [-0.1, -0.05) is 30.3 Å². The lowest BCUT2D eigenvalue weighted by Gasteiger charge is -2.26. The van der Waals surface area contributed by atoms with Gasteiger partial charge >= 0.3 is 0 Å². The molecule has 0 bridgehead atoms. The number of amides is 3. The number of benzene rings is 2. The molecule has 0 saturated heterocycles. The summed E-state index contributed by atoms with van der Waals surface area (Å²) in [6.45, 7) is 1.75. The summed E-state index contributed by atoms with van der Waals surface area (Å²) in [5, 5.41) is 5.45. The lowest BCUT2D eigenvalue weighted by Crippen LogP contribution is -2.39. The zero-order valence-electron chi connectivity index (χ0n) is 16.8. The van der Waals surface area contributed by atoms with Gasteiger partial charge in [0.1, 0.15) is 6.26 Å². The van der Waals surface area contributed by atoms with Crippen molar-refractivity contribution in [1.29, 1.82) is 0 Å². The summed E-state index contributed by atoms with van der Waals surface area (Å²) < 4.78 is 4.87. The number of carbonyl (C=O) groups excluding carboxylic acids is 3. The standard InChI is InChI=1S/C23H23N3O4/c1-16(26(2)21(27)14-24-22(28)19-11-12-30-15-19)18-9-6-10-20(13-18)25-23(29)17-7-4-3-5-8-17/h3-13,15-16H,14H2,1-2H3,(H,24,28)(H,25,29). The zero-order chi connectivity index (χ0) is 21.5. The van der Waals surface area contributed by atoms with E-state index in [-0.39, 0.29) is 30.3 Å². The molecule has 1 aromatic heterocycles. The van der Waals surface area contributed by atoms with E-state index in [2.05, 4.69) is 10.6 Å². The van der Waals surface area contributed by atoms with E-state index in [1.165, 1.54) is 18.6 Å². The minimum atomic E-state index is -0.372. The van der Waals surface area contributed by atoms with E-state index in [1.807, 2.05) is 31.2 Å². The molecule has 1 heterocycles. The minimum Gasteiger partial charge on any atom is -0.472 e. The van der Waals surface area contributed by atoms with Crippen molar-refractivity contribution in [2.24, 2.45) is 0 Å². The van der Waals surface area contributed by atoms with Gasteiger partial charge in [-0.15, -0.1) is 0 Å². The molecule has 0 aliphatic rings. The van der Waals surface area contributed by atoms with Crippen LogP contribution in [0.3, 0.4) is 0 Å². The van der Waals surface area contributed by atoms with Gasteiger partial charge in [-0.25, -0.2) is 0 Å². The second kappa shape index (κ2) is 9.56. The van der Waals surface area contributed by atoms with Gasteiger partial charge in [0.15, 0.2) is 0 Å². The molecule has 2 N–H and O–H groups in total. The fourth-order valence-electron chi connectivity index (χ4n) is 2.88. The number of carbonyl (C=O) groups is 3. The second-order valence-corrected chi connectivity index (χ2v) is 6.82. The fourth-order valence-corrected chi connectivity index (χ4v) is 2.88. The molecule has 1 unspecified atom stereocenters. The highest BCUT2D eigenvalue weighted by Crippen LogP contribution is 2.22. The fraction of sp³-hybridized carbons (Fsp3) is 0.174. The molecule has 0 saturated carbocycles. The summed E-state index contributed by atoms with van der Waals surface area (Å²) in [5.74, 6) is -0.811. The summed E-state index contributed by atoms with van der Waals surface area (Å²) in [4.78, 5) is 38.4. The molecule has 2 aromatic carbocycles. The van der Waals surface area contributed by atoms with E-state index in [9.17, 15) is 14.4 Å². The van der Waals surface area contributed by atoms with Gasteiger partial charge in [0, 0.05) is 18.3 Å². The van der Waals surface area contributed by atoms with Crippen LogP contribution in [0.2, 0.25) is 0 Å². The highest BCUT2D eigenvalue weighted by molar-refractivity contribution is 6.04. The van der Waals surface area contributed by atoms with Gasteiger partial charge in [0.05, 0.1) is 24.4 Å². The average Bonchev–Trinajstić information content (AvgIpc) is 3.32. The molecule has 0 aliphatic heterocycles. The van der Waals surface area contributed by atoms with Crippen LogP contribution in [0.25, 0.3) is 0 Å². The molecular weight excluding hydrogens is 382 g/mol. The summed E-state index contributed by atoms with van der Waals surface area (Å²) in [5.41, 5.74) is 2.43. The summed E-state index contributed by atoms with van der Waals surface area (Å²) in [6, 6.07) is 17.6. The average molecular weight is 405 g/mol. The molecule has 7 nitrogen and oxygen atoms in total. The highest BCUT2D eigenvalue weighted by Gasteiger charge is 2.19. The summed E-state index contributed by atoms with van der Waals surface area (Å²) in [6.07, 6.45) is 2.72. The quantitative estimate of drug-likeness (QED) is 0.630. The van der Waals surface area contributed by atoms with Crippen molar-refractivity contribution in [3.8, 4) is 0 Å². The van der Waals surface area contributed by atoms with Crippen LogP contribution in [0.1, 0.15) is 39.2 Å². The number of hydrogen-bond donors (Lipinski definition) is 2. The van der Waals surface area contributed by atoms with Crippen molar-refractivity contribution in [2.75, 3.05) is 18.9 Å². The molecule has 1 atom stereocenters. The van der Waals surface area contributed by atoms with Crippen LogP contribution >= 0.6 is 0 Å². The molecule has 30 heavy (non-hydrogen) atoms. The van der Waals surface area contributed by atoms with Crippen molar-refractivity contribution >= 4 is 23.4 Å². The minimum absolute atomic E-state index is 0.130. The molecule has 0 radical (unpaired) electrons. The van der Waals surface area contributed by atoms with Crippen LogP contribution in [0.4, 0.5) is 5.69 Å². The van der Waals surface area contributed by atoms with Gasteiger partial charge in [-0.3, -0.25) is 14.4 Å². The Hall–Kier alpha value is -3.87. The third-order valence-electron chi connectivity index (χ3n) is 4.82. The van der Waals surface area contributed by atoms with Gasteiger partial charge in [-0.05, 0) is 42.8 Å². The predicted octanol–water partition coefficient (Wildman–Crippen LogP) is 3.48. The molecule has 3 rings (SSSR count). The highest BCUT2D eigenvalue weighted by atomic mass is 16.3. The van der Waals surface area contributed by atoms with E-state index in [1.54, 1.807) is 42.3 Å². The molecule has 0 spiro atoms. The number of anilines is 1. The Balaban J connectivity index is 1.60. The van der Waals surface area contributed by atoms with E-state index >= 15 is 0 Å². The topological polar surface area (TPSA) is 91.7 Å². The Bertz CT molecular complexity index is 1020. The zero-order valence-corrected chi connectivity index (χ0v) is 16.8. The first kappa shape index (κ1) is 20.9. The molecule has 154 valence electrons. The van der Waals surface area contributed by atoms with Crippen LogP contribution < -0.4 is 10.6 Å². The third kappa shape index (κ3) is 5.14. The monoisotopic (exact) mass is 405 g/mol.